The molecule has 2 aliphatic rings. The Balaban J connectivity index is 1.58. The predicted octanol–water partition coefficient (Wildman–Crippen LogP) is 0.907. The van der Waals surface area contributed by atoms with E-state index in [0.717, 1.165) is 10.5 Å². The van der Waals surface area contributed by atoms with Crippen LogP contribution in [0.25, 0.3) is 6.08 Å². The van der Waals surface area contributed by atoms with Crippen molar-refractivity contribution >= 4 is 24.0 Å². The zero-order chi connectivity index (χ0) is 18.0. The molecule has 0 radical (unpaired) electrons. The van der Waals surface area contributed by atoms with E-state index in [4.69, 9.17) is 9.47 Å². The van der Waals surface area contributed by atoms with Crippen LogP contribution < -0.4 is 9.47 Å². The van der Waals surface area contributed by atoms with E-state index in [-0.39, 0.29) is 24.5 Å². The molecule has 25 heavy (non-hydrogen) atoms. The Morgan fingerprint density at radius 1 is 1.20 bits per heavy atom. The number of carbonyl (C=O) groups is 3. The van der Waals surface area contributed by atoms with Crippen molar-refractivity contribution in [3.63, 3.8) is 0 Å². The van der Waals surface area contributed by atoms with Gasteiger partial charge in [-0.1, -0.05) is 6.07 Å². The van der Waals surface area contributed by atoms with Crippen LogP contribution in [-0.4, -0.2) is 67.7 Å². The maximum absolute atomic E-state index is 12.2. The molecule has 1 aromatic carbocycles. The minimum atomic E-state index is -0.636. The van der Waals surface area contributed by atoms with Gasteiger partial charge in [0.1, 0.15) is 0 Å². The lowest BCUT2D eigenvalue weighted by Gasteiger charge is -2.41. The average molecular weight is 346 g/mol. The van der Waals surface area contributed by atoms with Crippen LogP contribution >= 0.6 is 0 Å². The van der Waals surface area contributed by atoms with Crippen LogP contribution in [0.1, 0.15) is 5.56 Å². The molecule has 0 saturated carbocycles. The van der Waals surface area contributed by atoms with Crippen molar-refractivity contribution in [3.8, 4) is 11.5 Å². The number of nitrogens with zero attached hydrogens (tertiary/aromatic N) is 2. The van der Waals surface area contributed by atoms with Crippen molar-refractivity contribution in [2.45, 2.75) is 6.04 Å². The number of hydrogen-bond acceptors (Lipinski definition) is 6. The molecule has 1 aromatic rings. The highest BCUT2D eigenvalue weighted by molar-refractivity contribution is 5.99. The predicted molar refractivity (Wildman–Crippen MR) is 87.1 cm³/mol. The van der Waals surface area contributed by atoms with Crippen LogP contribution in [0.2, 0.25) is 0 Å². The lowest BCUT2D eigenvalue weighted by atomic mass is 10.1. The number of carbonyl (C=O) groups excluding carboxylic acids is 3. The fraction of sp³-hybridized carbons (Fsp3) is 0.353. The fourth-order valence-corrected chi connectivity index (χ4v) is 2.75. The molecule has 0 atom stereocenters. The Hall–Kier alpha value is -3.03. The first kappa shape index (κ1) is 16.8. The second kappa shape index (κ2) is 6.84. The Kier molecular flexibility index (Phi) is 4.60. The standard InChI is InChI=1S/C17H18N2O6/c1-23-13-5-3-11(7-14(13)24-2)4-6-15(20)18-8-12(9-18)19-16(21)10-25-17(19)22/h3-7,12H,8-10H2,1-2H3/b6-4+. The van der Waals surface area contributed by atoms with Crippen molar-refractivity contribution in [2.75, 3.05) is 33.9 Å². The fourth-order valence-electron chi connectivity index (χ4n) is 2.75. The van der Waals surface area contributed by atoms with Gasteiger partial charge in [-0.2, -0.15) is 0 Å². The normalized spacial score (nSPS) is 17.7. The van der Waals surface area contributed by atoms with Crippen molar-refractivity contribution in [2.24, 2.45) is 0 Å². The first-order chi connectivity index (χ1) is 12.0. The lowest BCUT2D eigenvalue weighted by Crippen LogP contribution is -2.61. The van der Waals surface area contributed by atoms with E-state index in [1.165, 1.54) is 6.08 Å². The van der Waals surface area contributed by atoms with Gasteiger partial charge in [0.15, 0.2) is 18.1 Å². The minimum absolute atomic E-state index is 0.189. The highest BCUT2D eigenvalue weighted by Gasteiger charge is 2.43. The monoisotopic (exact) mass is 346 g/mol. The van der Waals surface area contributed by atoms with Crippen LogP contribution in [0, 0.1) is 0 Å². The summed E-state index contributed by atoms with van der Waals surface area (Å²) in [6.45, 7) is 0.411. The molecule has 3 rings (SSSR count). The number of amides is 3. The maximum atomic E-state index is 12.2. The third-order valence-corrected chi connectivity index (χ3v) is 4.15. The van der Waals surface area contributed by atoms with Crippen molar-refractivity contribution < 1.29 is 28.6 Å². The number of ether oxygens (including phenoxy) is 3. The van der Waals surface area contributed by atoms with E-state index in [2.05, 4.69) is 4.74 Å². The molecular formula is C17H18N2O6. The summed E-state index contributed by atoms with van der Waals surface area (Å²) in [7, 11) is 3.10. The highest BCUT2D eigenvalue weighted by Crippen LogP contribution is 2.28. The van der Waals surface area contributed by atoms with Crippen molar-refractivity contribution in [1.29, 1.82) is 0 Å². The molecule has 2 saturated heterocycles. The van der Waals surface area contributed by atoms with Gasteiger partial charge in [0.05, 0.1) is 20.3 Å². The Morgan fingerprint density at radius 3 is 2.52 bits per heavy atom. The first-order valence-electron chi connectivity index (χ1n) is 7.71. The number of likely N-dealkylation sites (tertiary alicyclic amines) is 1. The largest absolute Gasteiger partial charge is 0.493 e. The van der Waals surface area contributed by atoms with Gasteiger partial charge >= 0.3 is 6.09 Å². The van der Waals surface area contributed by atoms with E-state index in [1.54, 1.807) is 37.3 Å². The summed E-state index contributed by atoms with van der Waals surface area (Å²) in [6, 6.07) is 5.03. The number of imide groups is 1. The zero-order valence-electron chi connectivity index (χ0n) is 13.9. The SMILES string of the molecule is COc1ccc(/C=C/C(=O)N2CC(N3C(=O)COC3=O)C2)cc1OC. The van der Waals surface area contributed by atoms with Gasteiger partial charge in [-0.25, -0.2) is 9.69 Å². The molecule has 132 valence electrons. The Bertz CT molecular complexity index is 723. The van der Waals surface area contributed by atoms with Crippen LogP contribution in [0.5, 0.6) is 11.5 Å². The molecule has 8 heteroatoms. The first-order valence-corrected chi connectivity index (χ1v) is 7.71. The molecular weight excluding hydrogens is 328 g/mol. The van der Waals surface area contributed by atoms with E-state index in [9.17, 15) is 14.4 Å². The van der Waals surface area contributed by atoms with E-state index >= 15 is 0 Å². The molecule has 0 bridgehead atoms. The van der Waals surface area contributed by atoms with Gasteiger partial charge in [-0.3, -0.25) is 9.59 Å². The van der Waals surface area contributed by atoms with Gasteiger partial charge in [0.2, 0.25) is 5.91 Å². The molecule has 2 heterocycles. The molecule has 2 fully saturated rings. The third-order valence-electron chi connectivity index (χ3n) is 4.15. The number of benzene rings is 1. The smallest absolute Gasteiger partial charge is 0.417 e. The number of cyclic esters (lactones) is 1. The van der Waals surface area contributed by atoms with E-state index in [1.807, 2.05) is 6.07 Å². The Labute approximate surface area is 144 Å². The second-order valence-electron chi connectivity index (χ2n) is 5.66. The zero-order valence-corrected chi connectivity index (χ0v) is 13.9. The number of hydrogen-bond donors (Lipinski definition) is 0. The molecule has 0 N–H and O–H groups in total. The molecule has 8 nitrogen and oxygen atoms in total. The van der Waals surface area contributed by atoms with Gasteiger partial charge in [-0.05, 0) is 23.8 Å². The number of rotatable bonds is 5. The van der Waals surface area contributed by atoms with E-state index < -0.39 is 6.09 Å². The minimum Gasteiger partial charge on any atom is -0.493 e. The third kappa shape index (κ3) is 3.28. The Morgan fingerprint density at radius 2 is 1.92 bits per heavy atom. The summed E-state index contributed by atoms with van der Waals surface area (Å²) in [5.41, 5.74) is 0.793. The molecule has 0 unspecified atom stereocenters. The van der Waals surface area contributed by atoms with E-state index in [0.29, 0.717) is 24.6 Å². The quantitative estimate of drug-likeness (QED) is 0.737. The van der Waals surface area contributed by atoms with Crippen LogP contribution in [0.4, 0.5) is 4.79 Å². The van der Waals surface area contributed by atoms with Gasteiger partial charge in [-0.15, -0.1) is 0 Å². The molecule has 0 aliphatic carbocycles. The van der Waals surface area contributed by atoms with Crippen LogP contribution in [0.3, 0.4) is 0 Å². The van der Waals surface area contributed by atoms with Gasteiger partial charge < -0.3 is 19.1 Å². The number of methoxy groups -OCH3 is 2. The topological polar surface area (TPSA) is 85.4 Å². The molecule has 0 spiro atoms. The van der Waals surface area contributed by atoms with Gasteiger partial charge in [0.25, 0.3) is 5.91 Å². The molecule has 0 aromatic heterocycles. The van der Waals surface area contributed by atoms with Crippen LogP contribution in [0.15, 0.2) is 24.3 Å². The summed E-state index contributed by atoms with van der Waals surface area (Å²) in [4.78, 5) is 37.8. The summed E-state index contributed by atoms with van der Waals surface area (Å²) >= 11 is 0. The maximum Gasteiger partial charge on any atom is 0.417 e. The van der Waals surface area contributed by atoms with Crippen LogP contribution in [-0.2, 0) is 14.3 Å². The summed E-state index contributed by atoms with van der Waals surface area (Å²) in [6.07, 6.45) is 2.48. The highest BCUT2D eigenvalue weighted by atomic mass is 16.6. The summed E-state index contributed by atoms with van der Waals surface area (Å²) in [5.74, 6) is 0.639. The lowest BCUT2D eigenvalue weighted by molar-refractivity contribution is -0.138. The molecule has 2 aliphatic heterocycles. The average Bonchev–Trinajstić information content (AvgIpc) is 2.90. The summed E-state index contributed by atoms with van der Waals surface area (Å²) in [5, 5.41) is 0. The van der Waals surface area contributed by atoms with Gasteiger partial charge in [0, 0.05) is 19.2 Å². The van der Waals surface area contributed by atoms with Crippen molar-refractivity contribution in [1.82, 2.24) is 9.80 Å². The second-order valence-corrected chi connectivity index (χ2v) is 5.66. The molecule has 3 amide bonds. The van der Waals surface area contributed by atoms with Crippen molar-refractivity contribution in [3.05, 3.63) is 29.8 Å². The summed E-state index contributed by atoms with van der Waals surface area (Å²) < 4.78 is 15.1.